The molecular weight excluding hydrogens is 231 g/mol. The van der Waals surface area contributed by atoms with Crippen LogP contribution < -0.4 is 5.73 Å². The SMILES string of the molecule is NC1(c2c(F)cc(F)cc2F)CCCCC1=O. The highest BCUT2D eigenvalue weighted by Gasteiger charge is 2.41. The fourth-order valence-corrected chi connectivity index (χ4v) is 2.28. The van der Waals surface area contributed by atoms with Gasteiger partial charge in [-0.3, -0.25) is 4.79 Å². The first-order chi connectivity index (χ1) is 7.95. The molecule has 0 bridgehead atoms. The third-order valence-electron chi connectivity index (χ3n) is 3.18. The summed E-state index contributed by atoms with van der Waals surface area (Å²) in [5, 5.41) is 0. The summed E-state index contributed by atoms with van der Waals surface area (Å²) in [6, 6.07) is 1.10. The second kappa shape index (κ2) is 4.14. The minimum Gasteiger partial charge on any atom is -0.315 e. The van der Waals surface area contributed by atoms with Crippen molar-refractivity contribution in [3.05, 3.63) is 35.1 Å². The Morgan fingerprint density at radius 2 is 1.71 bits per heavy atom. The molecule has 1 aromatic rings. The summed E-state index contributed by atoms with van der Waals surface area (Å²) in [5.41, 5.74) is 3.66. The van der Waals surface area contributed by atoms with Gasteiger partial charge >= 0.3 is 0 Å². The molecule has 0 radical (unpaired) electrons. The van der Waals surface area contributed by atoms with E-state index in [9.17, 15) is 18.0 Å². The molecule has 1 unspecified atom stereocenters. The number of halogens is 3. The Labute approximate surface area is 96.6 Å². The standard InChI is InChI=1S/C12H12F3NO/c13-7-5-8(14)11(9(15)6-7)12(16)4-2-1-3-10(12)17/h5-6H,1-4,16H2. The van der Waals surface area contributed by atoms with E-state index in [0.29, 0.717) is 25.0 Å². The topological polar surface area (TPSA) is 43.1 Å². The number of Topliss-reactive ketones (excluding diaryl/α,β-unsaturated/α-hetero) is 1. The molecule has 1 aliphatic carbocycles. The molecule has 5 heteroatoms. The van der Waals surface area contributed by atoms with Crippen LogP contribution in [0.1, 0.15) is 31.2 Å². The second-order valence-corrected chi connectivity index (χ2v) is 4.35. The van der Waals surface area contributed by atoms with Crippen molar-refractivity contribution in [1.29, 1.82) is 0 Å². The highest BCUT2D eigenvalue weighted by Crippen LogP contribution is 2.35. The van der Waals surface area contributed by atoms with Gasteiger partial charge in [-0.05, 0) is 12.8 Å². The van der Waals surface area contributed by atoms with Gasteiger partial charge in [0.15, 0.2) is 5.78 Å². The van der Waals surface area contributed by atoms with Gasteiger partial charge in [-0.15, -0.1) is 0 Å². The number of nitrogens with two attached hydrogens (primary N) is 1. The smallest absolute Gasteiger partial charge is 0.157 e. The fourth-order valence-electron chi connectivity index (χ4n) is 2.28. The third-order valence-corrected chi connectivity index (χ3v) is 3.18. The van der Waals surface area contributed by atoms with Gasteiger partial charge < -0.3 is 5.73 Å². The predicted molar refractivity (Wildman–Crippen MR) is 55.7 cm³/mol. The summed E-state index contributed by atoms with van der Waals surface area (Å²) in [4.78, 5) is 11.8. The maximum Gasteiger partial charge on any atom is 0.157 e. The molecule has 2 rings (SSSR count). The number of hydrogen-bond acceptors (Lipinski definition) is 2. The van der Waals surface area contributed by atoms with Crippen LogP contribution in [-0.4, -0.2) is 5.78 Å². The molecule has 0 heterocycles. The summed E-state index contributed by atoms with van der Waals surface area (Å²) >= 11 is 0. The minimum atomic E-state index is -1.65. The van der Waals surface area contributed by atoms with E-state index in [0.717, 1.165) is 0 Å². The maximum absolute atomic E-state index is 13.6. The largest absolute Gasteiger partial charge is 0.315 e. The lowest BCUT2D eigenvalue weighted by Crippen LogP contribution is -2.48. The number of carbonyl (C=O) groups excluding carboxylic acids is 1. The van der Waals surface area contributed by atoms with Crippen molar-refractivity contribution >= 4 is 5.78 Å². The van der Waals surface area contributed by atoms with Crippen LogP contribution in [0.15, 0.2) is 12.1 Å². The first-order valence-electron chi connectivity index (χ1n) is 5.42. The van der Waals surface area contributed by atoms with Gasteiger partial charge in [0.1, 0.15) is 23.0 Å². The lowest BCUT2D eigenvalue weighted by Gasteiger charge is -2.32. The Kier molecular flexibility index (Phi) is 2.95. The Hall–Kier alpha value is -1.36. The molecule has 1 aliphatic rings. The van der Waals surface area contributed by atoms with E-state index in [2.05, 4.69) is 0 Å². The normalized spacial score (nSPS) is 25.1. The van der Waals surface area contributed by atoms with Crippen LogP contribution in [0.3, 0.4) is 0 Å². The zero-order valence-corrected chi connectivity index (χ0v) is 9.10. The molecule has 92 valence electrons. The maximum atomic E-state index is 13.6. The molecule has 1 fully saturated rings. The van der Waals surface area contributed by atoms with Crippen LogP contribution in [-0.2, 0) is 10.3 Å². The monoisotopic (exact) mass is 243 g/mol. The van der Waals surface area contributed by atoms with Gasteiger partial charge in [0.25, 0.3) is 0 Å². The molecule has 2 N–H and O–H groups in total. The molecule has 17 heavy (non-hydrogen) atoms. The van der Waals surface area contributed by atoms with E-state index in [1.165, 1.54) is 0 Å². The van der Waals surface area contributed by atoms with Gasteiger partial charge in [-0.25, -0.2) is 13.2 Å². The van der Waals surface area contributed by atoms with E-state index in [-0.39, 0.29) is 12.8 Å². The Bertz CT molecular complexity index is 452. The van der Waals surface area contributed by atoms with Crippen molar-refractivity contribution in [3.8, 4) is 0 Å². The molecule has 0 aromatic heterocycles. The van der Waals surface area contributed by atoms with E-state index in [1.807, 2.05) is 0 Å². The molecule has 0 amide bonds. The number of ketones is 1. The quantitative estimate of drug-likeness (QED) is 0.823. The molecule has 0 spiro atoms. The van der Waals surface area contributed by atoms with Gasteiger partial charge in [0.05, 0.1) is 5.56 Å². The average Bonchev–Trinajstić information content (AvgIpc) is 2.21. The average molecular weight is 243 g/mol. The van der Waals surface area contributed by atoms with Crippen LogP contribution >= 0.6 is 0 Å². The van der Waals surface area contributed by atoms with E-state index < -0.39 is 34.3 Å². The lowest BCUT2D eigenvalue weighted by atomic mass is 9.76. The number of carbonyl (C=O) groups is 1. The number of rotatable bonds is 1. The number of benzene rings is 1. The highest BCUT2D eigenvalue weighted by atomic mass is 19.1. The van der Waals surface area contributed by atoms with E-state index >= 15 is 0 Å². The van der Waals surface area contributed by atoms with Crippen LogP contribution in [0, 0.1) is 17.5 Å². The zero-order valence-electron chi connectivity index (χ0n) is 9.10. The molecular formula is C12H12F3NO. The van der Waals surface area contributed by atoms with Gasteiger partial charge in [-0.2, -0.15) is 0 Å². The lowest BCUT2D eigenvalue weighted by molar-refractivity contribution is -0.126. The van der Waals surface area contributed by atoms with E-state index in [4.69, 9.17) is 5.73 Å². The van der Waals surface area contributed by atoms with E-state index in [1.54, 1.807) is 0 Å². The minimum absolute atomic E-state index is 0.186. The molecule has 1 atom stereocenters. The van der Waals surface area contributed by atoms with Crippen molar-refractivity contribution in [1.82, 2.24) is 0 Å². The molecule has 1 saturated carbocycles. The van der Waals surface area contributed by atoms with Crippen LogP contribution in [0.2, 0.25) is 0 Å². The Morgan fingerprint density at radius 3 is 2.24 bits per heavy atom. The van der Waals surface area contributed by atoms with Crippen molar-refractivity contribution in [2.24, 2.45) is 5.73 Å². The van der Waals surface area contributed by atoms with Crippen LogP contribution in [0.4, 0.5) is 13.2 Å². The number of hydrogen-bond donors (Lipinski definition) is 1. The van der Waals surface area contributed by atoms with Gasteiger partial charge in [0, 0.05) is 18.6 Å². The fraction of sp³-hybridized carbons (Fsp3) is 0.417. The Balaban J connectivity index is 2.56. The molecule has 0 saturated heterocycles. The van der Waals surface area contributed by atoms with Crippen molar-refractivity contribution in [2.75, 3.05) is 0 Å². The first kappa shape index (κ1) is 12.1. The summed E-state index contributed by atoms with van der Waals surface area (Å²) in [5.74, 6) is -3.61. The van der Waals surface area contributed by atoms with Gasteiger partial charge in [0.2, 0.25) is 0 Å². The molecule has 2 nitrogen and oxygen atoms in total. The summed E-state index contributed by atoms with van der Waals surface area (Å²) in [6.45, 7) is 0. The van der Waals surface area contributed by atoms with Crippen LogP contribution in [0.5, 0.6) is 0 Å². The van der Waals surface area contributed by atoms with Crippen molar-refractivity contribution in [2.45, 2.75) is 31.2 Å². The summed E-state index contributed by atoms with van der Waals surface area (Å²) in [7, 11) is 0. The summed E-state index contributed by atoms with van der Waals surface area (Å²) < 4.78 is 40.0. The van der Waals surface area contributed by atoms with Crippen molar-refractivity contribution < 1.29 is 18.0 Å². The first-order valence-corrected chi connectivity index (χ1v) is 5.42. The third kappa shape index (κ3) is 1.95. The van der Waals surface area contributed by atoms with Crippen LogP contribution in [0.25, 0.3) is 0 Å². The highest BCUT2D eigenvalue weighted by molar-refractivity contribution is 5.90. The molecule has 0 aliphatic heterocycles. The molecule has 1 aromatic carbocycles. The summed E-state index contributed by atoms with van der Waals surface area (Å²) in [6.07, 6.45) is 1.68. The predicted octanol–water partition coefficient (Wildman–Crippen LogP) is 2.40. The second-order valence-electron chi connectivity index (χ2n) is 4.35. The Morgan fingerprint density at radius 1 is 1.12 bits per heavy atom. The zero-order chi connectivity index (χ0) is 12.6. The van der Waals surface area contributed by atoms with Crippen molar-refractivity contribution in [3.63, 3.8) is 0 Å². The van der Waals surface area contributed by atoms with Gasteiger partial charge in [-0.1, -0.05) is 6.42 Å².